The molecule has 1 aliphatic rings. The van der Waals surface area contributed by atoms with Gasteiger partial charge in [-0.2, -0.15) is 5.10 Å². The van der Waals surface area contributed by atoms with Crippen LogP contribution in [0, 0.1) is 5.82 Å². The van der Waals surface area contributed by atoms with Crippen molar-refractivity contribution in [3.8, 4) is 17.2 Å². The molecule has 7 nitrogen and oxygen atoms in total. The van der Waals surface area contributed by atoms with Crippen molar-refractivity contribution in [3.63, 3.8) is 0 Å². The Bertz CT molecular complexity index is 1230. The van der Waals surface area contributed by atoms with Crippen molar-refractivity contribution in [2.75, 3.05) is 5.32 Å². The number of halogens is 1. The molecule has 1 aliphatic heterocycles. The van der Waals surface area contributed by atoms with Gasteiger partial charge in [0, 0.05) is 49.3 Å². The van der Waals surface area contributed by atoms with Crippen LogP contribution in [0.1, 0.15) is 59.9 Å². The molecular weight excluding hydrogens is 425 g/mol. The number of hydrogen-bond donors (Lipinski definition) is 1. The van der Waals surface area contributed by atoms with Gasteiger partial charge in [-0.25, -0.2) is 4.39 Å². The third kappa shape index (κ3) is 4.89. The van der Waals surface area contributed by atoms with Crippen LogP contribution in [-0.4, -0.2) is 27.1 Å². The number of ketones is 1. The SMILES string of the molecule is CCCC(=O)c1ccc(Oc2cc(C(=O)Nc3ccn(C)n3)cc3c2CC(C)(C)O3)cc1F. The van der Waals surface area contributed by atoms with E-state index >= 15 is 0 Å². The Morgan fingerprint density at radius 2 is 2.03 bits per heavy atom. The molecule has 0 aliphatic carbocycles. The Balaban J connectivity index is 1.65. The molecule has 0 saturated heterocycles. The van der Waals surface area contributed by atoms with Crippen LogP contribution in [0.15, 0.2) is 42.6 Å². The molecule has 4 rings (SSSR count). The third-order valence-electron chi connectivity index (χ3n) is 5.32. The minimum Gasteiger partial charge on any atom is -0.487 e. The zero-order valence-electron chi connectivity index (χ0n) is 19.1. The first-order valence-corrected chi connectivity index (χ1v) is 10.8. The maximum Gasteiger partial charge on any atom is 0.257 e. The minimum atomic E-state index is -0.636. The van der Waals surface area contributed by atoms with Gasteiger partial charge in [0.25, 0.3) is 5.91 Å². The number of anilines is 1. The Morgan fingerprint density at radius 3 is 2.70 bits per heavy atom. The van der Waals surface area contributed by atoms with Crippen molar-refractivity contribution in [3.05, 3.63) is 65.1 Å². The lowest BCUT2D eigenvalue weighted by atomic mass is 9.99. The Hall–Kier alpha value is -3.68. The van der Waals surface area contributed by atoms with E-state index in [1.54, 1.807) is 42.2 Å². The van der Waals surface area contributed by atoms with Gasteiger partial charge >= 0.3 is 0 Å². The largest absolute Gasteiger partial charge is 0.487 e. The number of Topliss-reactive ketones (excluding diaryl/α,β-unsaturated/α-hetero) is 1. The summed E-state index contributed by atoms with van der Waals surface area (Å²) < 4.78 is 28.2. The van der Waals surface area contributed by atoms with Gasteiger partial charge < -0.3 is 14.8 Å². The summed E-state index contributed by atoms with van der Waals surface area (Å²) in [5.74, 6) is 0.335. The summed E-state index contributed by atoms with van der Waals surface area (Å²) in [5, 5.41) is 6.90. The van der Waals surface area contributed by atoms with Crippen molar-refractivity contribution in [1.29, 1.82) is 0 Å². The van der Waals surface area contributed by atoms with Crippen molar-refractivity contribution < 1.29 is 23.5 Å². The predicted octanol–water partition coefficient (Wildman–Crippen LogP) is 5.30. The molecule has 1 aromatic heterocycles. The van der Waals surface area contributed by atoms with Crippen LogP contribution in [0.3, 0.4) is 0 Å². The first kappa shape index (κ1) is 22.5. The van der Waals surface area contributed by atoms with Gasteiger partial charge in [0.1, 0.15) is 28.7 Å². The van der Waals surface area contributed by atoms with Gasteiger partial charge in [0.05, 0.1) is 5.56 Å². The lowest BCUT2D eigenvalue weighted by molar-refractivity contribution is 0.0976. The van der Waals surface area contributed by atoms with Crippen LogP contribution in [0.2, 0.25) is 0 Å². The molecule has 0 unspecified atom stereocenters. The molecule has 2 aromatic carbocycles. The second kappa shape index (κ2) is 8.69. The summed E-state index contributed by atoms with van der Waals surface area (Å²) in [6, 6.07) is 9.14. The highest BCUT2D eigenvalue weighted by molar-refractivity contribution is 6.04. The summed E-state index contributed by atoms with van der Waals surface area (Å²) in [7, 11) is 1.76. The summed E-state index contributed by atoms with van der Waals surface area (Å²) in [6.07, 6.45) is 3.22. The van der Waals surface area contributed by atoms with E-state index in [4.69, 9.17) is 9.47 Å². The molecule has 0 radical (unpaired) electrons. The highest BCUT2D eigenvalue weighted by atomic mass is 19.1. The maximum absolute atomic E-state index is 14.6. The molecule has 3 aromatic rings. The van der Waals surface area contributed by atoms with Crippen molar-refractivity contribution in [2.24, 2.45) is 7.05 Å². The van der Waals surface area contributed by atoms with E-state index in [0.29, 0.717) is 35.7 Å². The molecule has 0 spiro atoms. The Kier molecular flexibility index (Phi) is 5.93. The van der Waals surface area contributed by atoms with Gasteiger partial charge in [-0.15, -0.1) is 0 Å². The average Bonchev–Trinajstić information content (AvgIpc) is 3.28. The number of carbonyl (C=O) groups is 2. The number of benzene rings is 2. The molecule has 0 bridgehead atoms. The number of ether oxygens (including phenoxy) is 2. The summed E-state index contributed by atoms with van der Waals surface area (Å²) >= 11 is 0. The maximum atomic E-state index is 14.6. The van der Waals surface area contributed by atoms with Crippen molar-refractivity contribution >= 4 is 17.5 Å². The fraction of sp³-hybridized carbons (Fsp3) is 0.320. The molecule has 0 atom stereocenters. The zero-order valence-corrected chi connectivity index (χ0v) is 19.1. The van der Waals surface area contributed by atoms with Crippen LogP contribution in [0.4, 0.5) is 10.2 Å². The van der Waals surface area contributed by atoms with Crippen molar-refractivity contribution in [2.45, 2.75) is 45.6 Å². The number of carbonyl (C=O) groups excluding carboxylic acids is 2. The third-order valence-corrected chi connectivity index (χ3v) is 5.32. The summed E-state index contributed by atoms with van der Waals surface area (Å²) in [6.45, 7) is 5.75. The Labute approximate surface area is 191 Å². The molecular formula is C25H26FN3O4. The van der Waals surface area contributed by atoms with E-state index in [2.05, 4.69) is 10.4 Å². The standard InChI is InChI=1S/C25H26FN3O4/c1-5-6-20(30)17-8-7-16(13-19(17)26)32-21-11-15(12-22-18(21)14-25(2,3)33-22)24(31)27-23-9-10-29(4)28-23/h7-13H,5-6,14H2,1-4H3,(H,27,28,31). The number of rotatable bonds is 7. The van der Waals surface area contributed by atoms with E-state index in [9.17, 15) is 14.0 Å². The molecule has 172 valence electrons. The zero-order chi connectivity index (χ0) is 23.8. The number of nitrogens with one attached hydrogen (secondary N) is 1. The summed E-state index contributed by atoms with van der Waals surface area (Å²) in [5.41, 5.74) is 0.684. The van der Waals surface area contributed by atoms with Gasteiger partial charge in [0.2, 0.25) is 0 Å². The smallest absolute Gasteiger partial charge is 0.257 e. The van der Waals surface area contributed by atoms with Crippen molar-refractivity contribution in [1.82, 2.24) is 9.78 Å². The minimum absolute atomic E-state index is 0.0439. The lowest BCUT2D eigenvalue weighted by Crippen LogP contribution is -2.24. The van der Waals surface area contributed by atoms with Crippen LogP contribution in [0.25, 0.3) is 0 Å². The molecule has 0 saturated carbocycles. The number of amides is 1. The second-order valence-corrected chi connectivity index (χ2v) is 8.74. The topological polar surface area (TPSA) is 82.5 Å². The molecule has 1 amide bonds. The first-order chi connectivity index (χ1) is 15.6. The van der Waals surface area contributed by atoms with Crippen LogP contribution in [0.5, 0.6) is 17.2 Å². The van der Waals surface area contributed by atoms with Gasteiger partial charge in [-0.1, -0.05) is 6.92 Å². The fourth-order valence-corrected chi connectivity index (χ4v) is 3.81. The molecule has 2 heterocycles. The molecule has 8 heteroatoms. The lowest BCUT2D eigenvalue weighted by Gasteiger charge is -2.16. The van der Waals surface area contributed by atoms with Gasteiger partial charge in [-0.3, -0.25) is 14.3 Å². The van der Waals surface area contributed by atoms with E-state index < -0.39 is 11.4 Å². The average molecular weight is 451 g/mol. The monoisotopic (exact) mass is 451 g/mol. The van der Waals surface area contributed by atoms with Crippen LogP contribution < -0.4 is 14.8 Å². The fourth-order valence-electron chi connectivity index (χ4n) is 3.81. The van der Waals surface area contributed by atoms with Crippen LogP contribution >= 0.6 is 0 Å². The van der Waals surface area contributed by atoms with E-state index in [0.717, 1.165) is 5.56 Å². The number of nitrogens with zero attached hydrogens (tertiary/aromatic N) is 2. The number of fused-ring (bicyclic) bond motifs is 1. The Morgan fingerprint density at radius 1 is 1.24 bits per heavy atom. The van der Waals surface area contributed by atoms with Gasteiger partial charge in [-0.05, 0) is 44.5 Å². The first-order valence-electron chi connectivity index (χ1n) is 10.8. The highest BCUT2D eigenvalue weighted by Crippen LogP contribution is 2.43. The van der Waals surface area contributed by atoms with E-state index in [1.165, 1.54) is 12.1 Å². The molecule has 1 N–H and O–H groups in total. The number of hydrogen-bond acceptors (Lipinski definition) is 5. The normalized spacial score (nSPS) is 13.8. The van der Waals surface area contributed by atoms with Gasteiger partial charge in [0.15, 0.2) is 11.6 Å². The molecule has 33 heavy (non-hydrogen) atoms. The highest BCUT2D eigenvalue weighted by Gasteiger charge is 2.34. The van der Waals surface area contributed by atoms with E-state index in [-0.39, 0.29) is 29.4 Å². The number of aromatic nitrogens is 2. The quantitative estimate of drug-likeness (QED) is 0.493. The second-order valence-electron chi connectivity index (χ2n) is 8.74. The molecule has 0 fully saturated rings. The predicted molar refractivity (Wildman–Crippen MR) is 122 cm³/mol. The number of aryl methyl sites for hydroxylation is 1. The summed E-state index contributed by atoms with van der Waals surface area (Å²) in [4.78, 5) is 24.9. The van der Waals surface area contributed by atoms with E-state index in [1.807, 2.05) is 20.8 Å². The van der Waals surface area contributed by atoms with Crippen LogP contribution in [-0.2, 0) is 13.5 Å².